The van der Waals surface area contributed by atoms with Crippen LogP contribution in [0.3, 0.4) is 0 Å². The Morgan fingerprint density at radius 1 is 1.11 bits per heavy atom. The lowest BCUT2D eigenvalue weighted by molar-refractivity contribution is 0.414. The van der Waals surface area contributed by atoms with Crippen molar-refractivity contribution in [3.63, 3.8) is 0 Å². The first kappa shape index (κ1) is 13.3. The summed E-state index contributed by atoms with van der Waals surface area (Å²) in [6.07, 6.45) is 0. The van der Waals surface area contributed by atoms with Crippen molar-refractivity contribution in [2.24, 2.45) is 0 Å². The first-order valence-corrected chi connectivity index (χ1v) is 6.37. The first-order chi connectivity index (χ1) is 9.10. The number of aryl methyl sites for hydroxylation is 1. The van der Waals surface area contributed by atoms with E-state index in [0.717, 1.165) is 17.1 Å². The van der Waals surface area contributed by atoms with Gasteiger partial charge in [-0.3, -0.25) is 0 Å². The molecule has 0 amide bonds. The molecule has 100 valence electrons. The van der Waals surface area contributed by atoms with E-state index in [-0.39, 0.29) is 6.04 Å². The third-order valence-corrected chi connectivity index (χ3v) is 3.25. The van der Waals surface area contributed by atoms with Gasteiger partial charge in [0.2, 0.25) is 0 Å². The van der Waals surface area contributed by atoms with Crippen LogP contribution in [-0.4, -0.2) is 7.11 Å². The number of hydrogen-bond acceptors (Lipinski definition) is 3. The average Bonchev–Trinajstić information content (AvgIpc) is 2.43. The van der Waals surface area contributed by atoms with E-state index in [9.17, 15) is 0 Å². The molecule has 2 aromatic rings. The van der Waals surface area contributed by atoms with E-state index in [1.807, 2.05) is 30.3 Å². The second kappa shape index (κ2) is 5.65. The van der Waals surface area contributed by atoms with E-state index < -0.39 is 0 Å². The smallest absolute Gasteiger partial charge is 0.118 e. The topological polar surface area (TPSA) is 47.3 Å². The number of anilines is 2. The summed E-state index contributed by atoms with van der Waals surface area (Å²) in [5.41, 5.74) is 10.1. The van der Waals surface area contributed by atoms with Crippen LogP contribution < -0.4 is 15.8 Å². The van der Waals surface area contributed by atoms with Crippen LogP contribution in [-0.2, 0) is 0 Å². The van der Waals surface area contributed by atoms with Crippen LogP contribution in [0.25, 0.3) is 0 Å². The van der Waals surface area contributed by atoms with Crippen LogP contribution in [0, 0.1) is 6.92 Å². The van der Waals surface area contributed by atoms with Crippen molar-refractivity contribution >= 4 is 11.4 Å². The van der Waals surface area contributed by atoms with Gasteiger partial charge in [-0.2, -0.15) is 0 Å². The molecule has 0 aliphatic heterocycles. The van der Waals surface area contributed by atoms with Crippen molar-refractivity contribution in [2.75, 3.05) is 18.2 Å². The van der Waals surface area contributed by atoms with Gasteiger partial charge in [-0.1, -0.05) is 18.2 Å². The molecule has 3 N–H and O–H groups in total. The second-order valence-electron chi connectivity index (χ2n) is 4.71. The molecule has 3 nitrogen and oxygen atoms in total. The third kappa shape index (κ3) is 3.19. The van der Waals surface area contributed by atoms with Gasteiger partial charge in [-0.15, -0.1) is 0 Å². The Balaban J connectivity index is 2.15. The lowest BCUT2D eigenvalue weighted by Gasteiger charge is -2.18. The number of ether oxygens (including phenoxy) is 1. The van der Waals surface area contributed by atoms with Crippen molar-refractivity contribution in [3.05, 3.63) is 53.6 Å². The monoisotopic (exact) mass is 256 g/mol. The summed E-state index contributed by atoms with van der Waals surface area (Å²) in [5.74, 6) is 0.871. The van der Waals surface area contributed by atoms with Gasteiger partial charge in [-0.05, 0) is 49.2 Å². The third-order valence-electron chi connectivity index (χ3n) is 3.25. The molecule has 2 rings (SSSR count). The molecule has 19 heavy (non-hydrogen) atoms. The summed E-state index contributed by atoms with van der Waals surface area (Å²) in [4.78, 5) is 0. The Kier molecular flexibility index (Phi) is 3.95. The van der Waals surface area contributed by atoms with Gasteiger partial charge in [0.25, 0.3) is 0 Å². The Bertz CT molecular complexity index is 549. The summed E-state index contributed by atoms with van der Waals surface area (Å²) in [6.45, 7) is 4.20. The SMILES string of the molecule is COc1ccc(C(C)Nc2cc(N)ccc2C)cc1. The molecule has 0 aliphatic rings. The summed E-state index contributed by atoms with van der Waals surface area (Å²) in [7, 11) is 1.67. The lowest BCUT2D eigenvalue weighted by atomic mass is 10.1. The van der Waals surface area contributed by atoms with Gasteiger partial charge in [0.05, 0.1) is 7.11 Å². The second-order valence-corrected chi connectivity index (χ2v) is 4.71. The molecule has 3 heteroatoms. The number of methoxy groups -OCH3 is 1. The number of nitrogens with two attached hydrogens (primary N) is 1. The standard InChI is InChI=1S/C16H20N2O/c1-11-4-7-14(17)10-16(11)18-12(2)13-5-8-15(19-3)9-6-13/h4-10,12,18H,17H2,1-3H3. The van der Waals surface area contributed by atoms with Crippen LogP contribution >= 0.6 is 0 Å². The van der Waals surface area contributed by atoms with Crippen molar-refractivity contribution in [1.82, 2.24) is 0 Å². The summed E-state index contributed by atoms with van der Waals surface area (Å²) in [6, 6.07) is 14.2. The Morgan fingerprint density at radius 3 is 2.42 bits per heavy atom. The van der Waals surface area contributed by atoms with Crippen LogP contribution in [0.2, 0.25) is 0 Å². The summed E-state index contributed by atoms with van der Waals surface area (Å²) >= 11 is 0. The Hall–Kier alpha value is -2.16. The predicted molar refractivity (Wildman–Crippen MR) is 80.6 cm³/mol. The number of benzene rings is 2. The molecule has 1 atom stereocenters. The molecule has 2 aromatic carbocycles. The predicted octanol–water partition coefficient (Wildman–Crippen LogP) is 3.76. The van der Waals surface area contributed by atoms with E-state index in [0.29, 0.717) is 0 Å². The molecule has 0 aromatic heterocycles. The van der Waals surface area contributed by atoms with Crippen LogP contribution in [0.1, 0.15) is 24.1 Å². The zero-order valence-corrected chi connectivity index (χ0v) is 11.6. The largest absolute Gasteiger partial charge is 0.497 e. The highest BCUT2D eigenvalue weighted by atomic mass is 16.5. The van der Waals surface area contributed by atoms with E-state index in [4.69, 9.17) is 10.5 Å². The summed E-state index contributed by atoms with van der Waals surface area (Å²) < 4.78 is 5.17. The Labute approximate surface area is 114 Å². The van der Waals surface area contributed by atoms with E-state index in [1.165, 1.54) is 11.1 Å². The van der Waals surface area contributed by atoms with Gasteiger partial charge >= 0.3 is 0 Å². The average molecular weight is 256 g/mol. The molecule has 0 heterocycles. The van der Waals surface area contributed by atoms with Crippen molar-refractivity contribution < 1.29 is 4.74 Å². The summed E-state index contributed by atoms with van der Waals surface area (Å²) in [5, 5.41) is 3.48. The minimum absolute atomic E-state index is 0.214. The van der Waals surface area contributed by atoms with Crippen molar-refractivity contribution in [1.29, 1.82) is 0 Å². The van der Waals surface area contributed by atoms with Gasteiger partial charge in [0, 0.05) is 17.4 Å². The zero-order chi connectivity index (χ0) is 13.8. The molecule has 0 spiro atoms. The quantitative estimate of drug-likeness (QED) is 0.819. The van der Waals surface area contributed by atoms with Gasteiger partial charge in [0.15, 0.2) is 0 Å². The molecule has 0 aliphatic carbocycles. The van der Waals surface area contributed by atoms with Crippen LogP contribution in [0.4, 0.5) is 11.4 Å². The fourth-order valence-electron chi connectivity index (χ4n) is 2.00. The van der Waals surface area contributed by atoms with E-state index in [2.05, 4.69) is 31.3 Å². The molecule has 0 fully saturated rings. The fraction of sp³-hybridized carbons (Fsp3) is 0.250. The number of nitrogen functional groups attached to an aromatic ring is 1. The van der Waals surface area contributed by atoms with Gasteiger partial charge in [-0.25, -0.2) is 0 Å². The molecule has 0 saturated heterocycles. The maximum Gasteiger partial charge on any atom is 0.118 e. The van der Waals surface area contributed by atoms with Crippen molar-refractivity contribution in [3.8, 4) is 5.75 Å². The lowest BCUT2D eigenvalue weighted by Crippen LogP contribution is -2.08. The maximum atomic E-state index is 5.82. The van der Waals surface area contributed by atoms with Crippen molar-refractivity contribution in [2.45, 2.75) is 19.9 Å². The Morgan fingerprint density at radius 2 is 1.79 bits per heavy atom. The molecular weight excluding hydrogens is 236 g/mol. The highest BCUT2D eigenvalue weighted by molar-refractivity contribution is 5.60. The highest BCUT2D eigenvalue weighted by Gasteiger charge is 2.07. The van der Waals surface area contributed by atoms with Crippen LogP contribution in [0.5, 0.6) is 5.75 Å². The minimum Gasteiger partial charge on any atom is -0.497 e. The molecule has 0 saturated carbocycles. The molecule has 0 bridgehead atoms. The maximum absolute atomic E-state index is 5.82. The number of rotatable bonds is 4. The van der Waals surface area contributed by atoms with E-state index in [1.54, 1.807) is 7.11 Å². The minimum atomic E-state index is 0.214. The molecule has 1 unspecified atom stereocenters. The van der Waals surface area contributed by atoms with Crippen LogP contribution in [0.15, 0.2) is 42.5 Å². The first-order valence-electron chi connectivity index (χ1n) is 6.37. The van der Waals surface area contributed by atoms with E-state index >= 15 is 0 Å². The van der Waals surface area contributed by atoms with Gasteiger partial charge in [0.1, 0.15) is 5.75 Å². The number of hydrogen-bond donors (Lipinski definition) is 2. The fourth-order valence-corrected chi connectivity index (χ4v) is 2.00. The van der Waals surface area contributed by atoms with Gasteiger partial charge < -0.3 is 15.8 Å². The highest BCUT2D eigenvalue weighted by Crippen LogP contribution is 2.25. The molecule has 0 radical (unpaired) electrons. The normalized spacial score (nSPS) is 11.9. The zero-order valence-electron chi connectivity index (χ0n) is 11.6. The molecular formula is C16H20N2O. The number of nitrogens with one attached hydrogen (secondary N) is 1.